The van der Waals surface area contributed by atoms with E-state index in [4.69, 9.17) is 17.3 Å². The summed E-state index contributed by atoms with van der Waals surface area (Å²) in [6.07, 6.45) is 0. The molecule has 0 aliphatic rings. The molecule has 0 aliphatic carbocycles. The van der Waals surface area contributed by atoms with Crippen molar-refractivity contribution in [3.05, 3.63) is 34.9 Å². The average molecular weight is 343 g/mol. The van der Waals surface area contributed by atoms with Crippen LogP contribution in [0.15, 0.2) is 24.3 Å². The molecule has 6 heteroatoms. The number of carbonyl (C=O) groups excluding carboxylic acids is 2. The molecule has 0 atom stereocenters. The van der Waals surface area contributed by atoms with Gasteiger partial charge in [0.2, 0.25) is 5.91 Å². The molecule has 1 aromatic carbocycles. The van der Waals surface area contributed by atoms with E-state index in [0.29, 0.717) is 23.7 Å². The maximum atomic E-state index is 12.0. The molecule has 0 saturated heterocycles. The molecule has 0 unspecified atom stereocenters. The van der Waals surface area contributed by atoms with Gasteiger partial charge in [0.1, 0.15) is 0 Å². The van der Waals surface area contributed by atoms with Crippen LogP contribution in [0.3, 0.4) is 0 Å². The highest BCUT2D eigenvalue weighted by Gasteiger charge is 2.21. The van der Waals surface area contributed by atoms with Crippen LogP contribution >= 0.6 is 23.4 Å². The van der Waals surface area contributed by atoms with E-state index in [9.17, 15) is 9.59 Å². The number of benzene rings is 1. The van der Waals surface area contributed by atoms with Crippen molar-refractivity contribution >= 4 is 35.1 Å². The third-order valence-corrected chi connectivity index (χ3v) is 4.44. The fourth-order valence-electron chi connectivity index (χ4n) is 1.86. The fourth-order valence-corrected chi connectivity index (χ4v) is 2.83. The molecule has 0 aromatic heterocycles. The fraction of sp³-hybridized carbons (Fsp3) is 0.500. The van der Waals surface area contributed by atoms with Crippen LogP contribution < -0.4 is 5.73 Å². The van der Waals surface area contributed by atoms with Gasteiger partial charge in [0, 0.05) is 24.2 Å². The zero-order valence-corrected chi connectivity index (χ0v) is 14.8. The Bertz CT molecular complexity index is 517. The molecule has 4 nitrogen and oxygen atoms in total. The second kappa shape index (κ2) is 8.56. The number of rotatable bonds is 8. The van der Waals surface area contributed by atoms with Crippen molar-refractivity contribution in [1.29, 1.82) is 0 Å². The zero-order chi connectivity index (χ0) is 16.8. The van der Waals surface area contributed by atoms with E-state index in [2.05, 4.69) is 0 Å². The summed E-state index contributed by atoms with van der Waals surface area (Å²) in [5.74, 6) is 0.577. The summed E-state index contributed by atoms with van der Waals surface area (Å²) in [5, 5.41) is 0.600. The van der Waals surface area contributed by atoms with Gasteiger partial charge in [0.25, 0.3) is 0 Å². The Balaban J connectivity index is 2.38. The van der Waals surface area contributed by atoms with Crippen LogP contribution in [-0.2, 0) is 4.79 Å². The second-order valence-electron chi connectivity index (χ2n) is 6.04. The molecule has 0 fully saturated rings. The largest absolute Gasteiger partial charge is 0.344 e. The molecule has 2 N–H and O–H groups in total. The van der Waals surface area contributed by atoms with Gasteiger partial charge < -0.3 is 10.6 Å². The smallest absolute Gasteiger partial charge is 0.232 e. The molecule has 1 amide bonds. The highest BCUT2D eigenvalue weighted by Crippen LogP contribution is 2.16. The van der Waals surface area contributed by atoms with Gasteiger partial charge >= 0.3 is 0 Å². The molecule has 0 heterocycles. The van der Waals surface area contributed by atoms with Crippen molar-refractivity contribution in [3.8, 4) is 0 Å². The van der Waals surface area contributed by atoms with Crippen LogP contribution in [-0.4, -0.2) is 48.2 Å². The van der Waals surface area contributed by atoms with E-state index in [1.54, 1.807) is 36.2 Å². The Morgan fingerprint density at radius 3 is 2.36 bits per heavy atom. The quantitative estimate of drug-likeness (QED) is 0.738. The SMILES string of the molecule is CN(CC(C)(C)CN)C(=O)CSCC(=O)c1ccc(Cl)cc1. The second-order valence-corrected chi connectivity index (χ2v) is 7.46. The van der Waals surface area contributed by atoms with Crippen LogP contribution in [0.2, 0.25) is 5.02 Å². The minimum atomic E-state index is -0.103. The Kier molecular flexibility index (Phi) is 7.39. The van der Waals surface area contributed by atoms with Crippen molar-refractivity contribution in [2.75, 3.05) is 31.6 Å². The first-order valence-corrected chi connectivity index (χ1v) is 8.59. The van der Waals surface area contributed by atoms with E-state index in [0.717, 1.165) is 0 Å². The van der Waals surface area contributed by atoms with Gasteiger partial charge in [-0.25, -0.2) is 0 Å². The topological polar surface area (TPSA) is 63.4 Å². The first kappa shape index (κ1) is 19.0. The van der Waals surface area contributed by atoms with E-state index in [1.807, 2.05) is 13.8 Å². The first-order chi connectivity index (χ1) is 10.2. The zero-order valence-electron chi connectivity index (χ0n) is 13.3. The maximum Gasteiger partial charge on any atom is 0.232 e. The van der Waals surface area contributed by atoms with Crippen molar-refractivity contribution in [3.63, 3.8) is 0 Å². The molecule has 1 rings (SSSR count). The van der Waals surface area contributed by atoms with Gasteiger partial charge in [-0.15, -0.1) is 11.8 Å². The molecule has 0 spiro atoms. The van der Waals surface area contributed by atoms with Gasteiger partial charge in [-0.2, -0.15) is 0 Å². The predicted octanol–water partition coefficient (Wildman–Crippen LogP) is 2.70. The number of nitrogens with zero attached hydrogens (tertiary/aromatic N) is 1. The van der Waals surface area contributed by atoms with Crippen molar-refractivity contribution in [2.45, 2.75) is 13.8 Å². The summed E-state index contributed by atoms with van der Waals surface area (Å²) in [5.41, 5.74) is 6.18. The molecule has 0 bridgehead atoms. The van der Waals surface area contributed by atoms with E-state index >= 15 is 0 Å². The summed E-state index contributed by atoms with van der Waals surface area (Å²) in [6, 6.07) is 6.77. The lowest BCUT2D eigenvalue weighted by molar-refractivity contribution is -0.128. The van der Waals surface area contributed by atoms with Crippen molar-refractivity contribution in [2.24, 2.45) is 11.1 Å². The summed E-state index contributed by atoms with van der Waals surface area (Å²) in [4.78, 5) is 25.7. The minimum absolute atomic E-state index is 0.000548. The summed E-state index contributed by atoms with van der Waals surface area (Å²) < 4.78 is 0. The number of ketones is 1. The number of halogens is 1. The number of thioether (sulfide) groups is 1. The Labute approximate surface area is 141 Å². The van der Waals surface area contributed by atoms with Crippen LogP contribution in [0.25, 0.3) is 0 Å². The number of nitrogens with two attached hydrogens (primary N) is 1. The number of hydrogen-bond donors (Lipinski definition) is 1. The van der Waals surface area contributed by atoms with E-state index in [1.165, 1.54) is 11.8 Å². The lowest BCUT2D eigenvalue weighted by Crippen LogP contribution is -2.40. The van der Waals surface area contributed by atoms with Crippen LogP contribution in [0.1, 0.15) is 24.2 Å². The lowest BCUT2D eigenvalue weighted by atomic mass is 9.93. The van der Waals surface area contributed by atoms with Gasteiger partial charge in [-0.3, -0.25) is 9.59 Å². The van der Waals surface area contributed by atoms with Crippen LogP contribution in [0, 0.1) is 5.41 Å². The molecular formula is C16H23ClN2O2S. The molecule has 0 saturated carbocycles. The third kappa shape index (κ3) is 6.38. The van der Waals surface area contributed by atoms with Crippen molar-refractivity contribution in [1.82, 2.24) is 4.90 Å². The number of hydrogen-bond acceptors (Lipinski definition) is 4. The van der Waals surface area contributed by atoms with Gasteiger partial charge in [-0.1, -0.05) is 25.4 Å². The van der Waals surface area contributed by atoms with Gasteiger partial charge in [0.15, 0.2) is 5.78 Å². The number of carbonyl (C=O) groups is 2. The van der Waals surface area contributed by atoms with Crippen molar-refractivity contribution < 1.29 is 9.59 Å². The van der Waals surface area contributed by atoms with Gasteiger partial charge in [-0.05, 0) is 36.2 Å². The van der Waals surface area contributed by atoms with E-state index < -0.39 is 0 Å². The van der Waals surface area contributed by atoms with Crippen LogP contribution in [0.4, 0.5) is 0 Å². The molecule has 22 heavy (non-hydrogen) atoms. The molecule has 0 radical (unpaired) electrons. The summed E-state index contributed by atoms with van der Waals surface area (Å²) in [7, 11) is 1.77. The lowest BCUT2D eigenvalue weighted by Gasteiger charge is -2.29. The minimum Gasteiger partial charge on any atom is -0.344 e. The number of Topliss-reactive ketones (excluding diaryl/α,β-unsaturated/α-hetero) is 1. The molecule has 122 valence electrons. The van der Waals surface area contributed by atoms with Gasteiger partial charge in [0.05, 0.1) is 11.5 Å². The maximum absolute atomic E-state index is 12.0. The van der Waals surface area contributed by atoms with Crippen LogP contribution in [0.5, 0.6) is 0 Å². The summed E-state index contributed by atoms with van der Waals surface area (Å²) >= 11 is 7.11. The average Bonchev–Trinajstić information content (AvgIpc) is 2.47. The monoisotopic (exact) mass is 342 g/mol. The third-order valence-electron chi connectivity index (χ3n) is 3.27. The first-order valence-electron chi connectivity index (χ1n) is 7.06. The molecule has 0 aliphatic heterocycles. The highest BCUT2D eigenvalue weighted by atomic mass is 35.5. The molecule has 1 aromatic rings. The predicted molar refractivity (Wildman–Crippen MR) is 93.6 cm³/mol. The van der Waals surface area contributed by atoms with E-state index in [-0.39, 0.29) is 28.6 Å². The number of amides is 1. The Hall–Kier alpha value is -1.04. The summed E-state index contributed by atoms with van der Waals surface area (Å²) in [6.45, 7) is 5.17. The molecular weight excluding hydrogens is 320 g/mol. The standard InChI is InChI=1S/C16H23ClN2O2S/c1-16(2,10-18)11-19(3)15(21)9-22-8-14(20)12-4-6-13(17)7-5-12/h4-7H,8-11,18H2,1-3H3. The Morgan fingerprint density at radius 2 is 1.82 bits per heavy atom. The Morgan fingerprint density at radius 1 is 1.23 bits per heavy atom. The highest BCUT2D eigenvalue weighted by molar-refractivity contribution is 8.00. The normalized spacial score (nSPS) is 11.3.